The molecule has 440 valence electrons. The summed E-state index contributed by atoms with van der Waals surface area (Å²) in [6.45, 7) is 27.4. The largest absolute Gasteiger partial charge is 0.343 e. The van der Waals surface area contributed by atoms with Crippen molar-refractivity contribution in [3.05, 3.63) is 241 Å². The van der Waals surface area contributed by atoms with E-state index in [2.05, 4.69) is 348 Å². The SMILES string of the molecule is Cn1c2c(C(C)(C)C)cccc2c2ccc3ccccc3c21.Cn1c2cc(C(C)(C)C)ccc2c2ccc3ccccc3c21.Cn1c2ccc(C(C)(C)C)cc2c2ccc3ccccc3c21.Cn1c2cccc(C(C)(C)C)c2c2ccc3ccccc3c21. The average Bonchev–Trinajstić information content (AvgIpc) is 2.01. The zero-order chi connectivity index (χ0) is 61.9. The van der Waals surface area contributed by atoms with Gasteiger partial charge in [-0.2, -0.15) is 0 Å². The van der Waals surface area contributed by atoms with Crippen LogP contribution in [-0.4, -0.2) is 18.3 Å². The first-order valence-corrected chi connectivity index (χ1v) is 31.5. The van der Waals surface area contributed by atoms with Crippen LogP contribution in [0.3, 0.4) is 0 Å². The van der Waals surface area contributed by atoms with Crippen LogP contribution in [0.25, 0.3) is 130 Å². The highest BCUT2D eigenvalue weighted by Gasteiger charge is 2.24. The molecule has 12 aromatic carbocycles. The summed E-state index contributed by atoms with van der Waals surface area (Å²) in [6.07, 6.45) is 0. The van der Waals surface area contributed by atoms with Crippen LogP contribution in [0.4, 0.5) is 0 Å². The molecule has 0 atom stereocenters. The summed E-state index contributed by atoms with van der Waals surface area (Å²) in [7, 11) is 8.74. The van der Waals surface area contributed by atoms with Crippen molar-refractivity contribution < 1.29 is 0 Å². The molecule has 4 heteroatoms. The minimum absolute atomic E-state index is 0.136. The summed E-state index contributed by atoms with van der Waals surface area (Å²) in [6, 6.07) is 79.9. The summed E-state index contributed by atoms with van der Waals surface area (Å²) in [4.78, 5) is 0. The number of aryl methyl sites for hydroxylation is 4. The molecule has 16 rings (SSSR count). The standard InChI is InChI=1S/4C21H21N/c1-21(2,3)17-10-7-11-18-19(17)16-13-12-14-8-5-6-9-15(14)20(16)22(18)4;1-21(2,3)18-11-7-10-16-17-13-12-14-8-5-6-9-15(14)19(17)22(4)20(16)18;1-21(2,3)15-10-12-17-18-11-9-14-7-5-6-8-16(14)20(18)22(4)19(17)13-15;1-21(2,3)15-10-12-19-18(13-15)17-11-9-14-7-5-6-8-16(14)20(17)22(19)4/h4*5-13H,1-4H3. The van der Waals surface area contributed by atoms with Crippen molar-refractivity contribution in [3.63, 3.8) is 0 Å². The van der Waals surface area contributed by atoms with Crippen molar-refractivity contribution in [3.8, 4) is 0 Å². The van der Waals surface area contributed by atoms with Gasteiger partial charge in [-0.3, -0.25) is 0 Å². The highest BCUT2D eigenvalue weighted by molar-refractivity contribution is 6.21. The van der Waals surface area contributed by atoms with Crippen molar-refractivity contribution in [2.75, 3.05) is 0 Å². The predicted octanol–water partition coefficient (Wildman–Crippen LogP) is 23.1. The Morgan fingerprint density at radius 2 is 0.568 bits per heavy atom. The van der Waals surface area contributed by atoms with E-state index in [4.69, 9.17) is 0 Å². The molecule has 4 aromatic heterocycles. The third-order valence-electron chi connectivity index (χ3n) is 18.9. The van der Waals surface area contributed by atoms with Crippen LogP contribution in [0.15, 0.2) is 218 Å². The summed E-state index contributed by atoms with van der Waals surface area (Å²) < 4.78 is 9.41. The first-order valence-electron chi connectivity index (χ1n) is 31.5. The Morgan fingerprint density at radius 3 is 1.07 bits per heavy atom. The summed E-state index contributed by atoms with van der Waals surface area (Å²) in [5.74, 6) is 0. The molecule has 88 heavy (non-hydrogen) atoms. The lowest BCUT2D eigenvalue weighted by Gasteiger charge is -2.21. The maximum Gasteiger partial charge on any atom is 0.0568 e. The van der Waals surface area contributed by atoms with Gasteiger partial charge in [-0.05, 0) is 89.7 Å². The third kappa shape index (κ3) is 9.77. The molecule has 0 unspecified atom stereocenters. The zero-order valence-corrected chi connectivity index (χ0v) is 54.6. The van der Waals surface area contributed by atoms with Gasteiger partial charge in [-0.15, -0.1) is 0 Å². The Labute approximate surface area is 519 Å². The third-order valence-corrected chi connectivity index (χ3v) is 18.9. The van der Waals surface area contributed by atoms with E-state index in [9.17, 15) is 0 Å². The van der Waals surface area contributed by atoms with Crippen molar-refractivity contribution >= 4 is 130 Å². The molecular formula is C84H84N4. The van der Waals surface area contributed by atoms with Gasteiger partial charge in [0.05, 0.1) is 27.6 Å². The van der Waals surface area contributed by atoms with E-state index in [1.165, 1.54) is 153 Å². The highest BCUT2D eigenvalue weighted by atomic mass is 15.0. The van der Waals surface area contributed by atoms with Gasteiger partial charge in [0.1, 0.15) is 0 Å². The second-order valence-corrected chi connectivity index (χ2v) is 28.8. The second-order valence-electron chi connectivity index (χ2n) is 28.8. The Hall–Kier alpha value is -9.12. The van der Waals surface area contributed by atoms with E-state index in [1.807, 2.05) is 0 Å². The zero-order valence-electron chi connectivity index (χ0n) is 54.6. The van der Waals surface area contributed by atoms with Crippen LogP contribution in [0.5, 0.6) is 0 Å². The Kier molecular flexibility index (Phi) is 14.0. The molecule has 0 amide bonds. The van der Waals surface area contributed by atoms with Gasteiger partial charge in [-0.25, -0.2) is 0 Å². The average molecular weight is 1150 g/mol. The minimum Gasteiger partial charge on any atom is -0.343 e. The summed E-state index contributed by atoms with van der Waals surface area (Å²) in [5.41, 5.74) is 16.9. The number of hydrogen-bond acceptors (Lipinski definition) is 0. The van der Waals surface area contributed by atoms with E-state index in [1.54, 1.807) is 0 Å². The maximum absolute atomic E-state index is 2.38. The van der Waals surface area contributed by atoms with Crippen LogP contribution in [0, 0.1) is 0 Å². The van der Waals surface area contributed by atoms with Gasteiger partial charge >= 0.3 is 0 Å². The molecule has 0 radical (unpaired) electrons. The fraction of sp³-hybridized carbons (Fsp3) is 0.238. The highest BCUT2D eigenvalue weighted by Crippen LogP contribution is 2.42. The van der Waals surface area contributed by atoms with E-state index in [-0.39, 0.29) is 21.7 Å². The monoisotopic (exact) mass is 1150 g/mol. The van der Waals surface area contributed by atoms with Gasteiger partial charge in [0.15, 0.2) is 0 Å². The molecule has 0 spiro atoms. The van der Waals surface area contributed by atoms with Gasteiger partial charge < -0.3 is 18.3 Å². The lowest BCUT2D eigenvalue weighted by atomic mass is 9.84. The number of fused-ring (bicyclic) bond motifs is 20. The van der Waals surface area contributed by atoms with Crippen LogP contribution < -0.4 is 0 Å². The Bertz CT molecular complexity index is 5310. The lowest BCUT2D eigenvalue weighted by Crippen LogP contribution is -2.12. The van der Waals surface area contributed by atoms with Gasteiger partial charge in [-0.1, -0.05) is 277 Å². The first-order chi connectivity index (χ1) is 41.9. The number of nitrogens with zero attached hydrogens (tertiary/aromatic N) is 4. The Balaban J connectivity index is 0.000000108. The molecule has 16 aromatic rings. The first kappa shape index (κ1) is 57.9. The van der Waals surface area contributed by atoms with E-state index < -0.39 is 0 Å². The number of para-hydroxylation sites is 1. The van der Waals surface area contributed by atoms with Crippen molar-refractivity contribution in [2.24, 2.45) is 28.2 Å². The number of hydrogen-bond donors (Lipinski definition) is 0. The summed E-state index contributed by atoms with van der Waals surface area (Å²) >= 11 is 0. The van der Waals surface area contributed by atoms with E-state index >= 15 is 0 Å². The van der Waals surface area contributed by atoms with Crippen molar-refractivity contribution in [1.82, 2.24) is 18.3 Å². The lowest BCUT2D eigenvalue weighted by molar-refractivity contribution is 0.590. The quantitative estimate of drug-likeness (QED) is 0.144. The molecular weight excluding hydrogens is 1060 g/mol. The fourth-order valence-electron chi connectivity index (χ4n) is 14.3. The van der Waals surface area contributed by atoms with Crippen molar-refractivity contribution in [1.29, 1.82) is 0 Å². The molecule has 0 aliphatic heterocycles. The topological polar surface area (TPSA) is 19.7 Å². The molecule has 0 aliphatic carbocycles. The molecule has 0 bridgehead atoms. The summed E-state index contributed by atoms with van der Waals surface area (Å²) in [5, 5.41) is 21.4. The smallest absolute Gasteiger partial charge is 0.0568 e. The maximum atomic E-state index is 2.38. The van der Waals surface area contributed by atoms with Crippen LogP contribution >= 0.6 is 0 Å². The van der Waals surface area contributed by atoms with Gasteiger partial charge in [0.25, 0.3) is 0 Å². The number of aromatic nitrogens is 4. The minimum atomic E-state index is 0.136. The molecule has 0 aliphatic rings. The fourth-order valence-corrected chi connectivity index (χ4v) is 14.3. The molecule has 0 N–H and O–H groups in total. The predicted molar refractivity (Wildman–Crippen MR) is 387 cm³/mol. The molecule has 0 saturated carbocycles. The molecule has 4 heterocycles. The normalized spacial score (nSPS) is 12.5. The van der Waals surface area contributed by atoms with E-state index in [0.717, 1.165) is 0 Å². The molecule has 4 nitrogen and oxygen atoms in total. The van der Waals surface area contributed by atoms with Crippen LogP contribution in [-0.2, 0) is 49.9 Å². The number of rotatable bonds is 0. The number of benzene rings is 12. The second kappa shape index (κ2) is 21.3. The molecule has 0 fully saturated rings. The van der Waals surface area contributed by atoms with Gasteiger partial charge in [0, 0.05) is 109 Å². The van der Waals surface area contributed by atoms with E-state index in [0.29, 0.717) is 0 Å². The molecule has 0 saturated heterocycles. The van der Waals surface area contributed by atoms with Crippen molar-refractivity contribution in [2.45, 2.75) is 105 Å². The Morgan fingerprint density at radius 1 is 0.216 bits per heavy atom. The van der Waals surface area contributed by atoms with Gasteiger partial charge in [0.2, 0.25) is 0 Å². The van der Waals surface area contributed by atoms with Crippen LogP contribution in [0.2, 0.25) is 0 Å². The van der Waals surface area contributed by atoms with Crippen LogP contribution in [0.1, 0.15) is 105 Å².